The van der Waals surface area contributed by atoms with E-state index in [-0.39, 0.29) is 29.5 Å². The molecule has 0 aromatic heterocycles. The van der Waals surface area contributed by atoms with Crippen molar-refractivity contribution >= 4 is 16.4 Å². The largest absolute Gasteiger partial charge is 0.413 e. The number of nitrogens with one attached hydrogen (secondary N) is 1. The quantitative estimate of drug-likeness (QED) is 0.128. The summed E-state index contributed by atoms with van der Waals surface area (Å²) in [5, 5.41) is 23.4. The van der Waals surface area contributed by atoms with Crippen molar-refractivity contribution in [3.63, 3.8) is 0 Å². The maximum atomic E-state index is 10.0. The Kier molecular flexibility index (Phi) is 14.8. The summed E-state index contributed by atoms with van der Waals surface area (Å²) in [7, 11) is -3.74. The van der Waals surface area contributed by atoms with E-state index < -0.39 is 28.8 Å². The SMILES string of the molecule is CCCCNC(C)(C)[Si](C)(C)OC(C)(CC)[Si](C)(C)CCCOCC(O)COC(O)C(C)C. The highest BCUT2D eigenvalue weighted by molar-refractivity contribution is 6.82. The summed E-state index contributed by atoms with van der Waals surface area (Å²) in [6, 6.07) is 1.12. The van der Waals surface area contributed by atoms with Crippen LogP contribution < -0.4 is 5.32 Å². The van der Waals surface area contributed by atoms with Crippen LogP contribution in [0.1, 0.15) is 74.1 Å². The minimum atomic E-state index is -2.02. The van der Waals surface area contributed by atoms with Gasteiger partial charge in [-0.3, -0.25) is 0 Å². The van der Waals surface area contributed by atoms with Crippen LogP contribution in [-0.4, -0.2) is 75.8 Å². The molecule has 33 heavy (non-hydrogen) atoms. The third-order valence-electron chi connectivity index (χ3n) is 7.62. The van der Waals surface area contributed by atoms with Gasteiger partial charge in [0.05, 0.1) is 21.3 Å². The van der Waals surface area contributed by atoms with Crippen LogP contribution in [0.25, 0.3) is 0 Å². The van der Waals surface area contributed by atoms with Gasteiger partial charge < -0.3 is 29.4 Å². The maximum Gasteiger partial charge on any atom is 0.206 e. The van der Waals surface area contributed by atoms with Crippen molar-refractivity contribution in [1.82, 2.24) is 5.32 Å². The highest BCUT2D eigenvalue weighted by Crippen LogP contribution is 2.37. The molecule has 0 saturated heterocycles. The fraction of sp³-hybridized carbons (Fsp3) is 1.00. The molecule has 0 spiro atoms. The molecule has 0 saturated carbocycles. The second-order valence-corrected chi connectivity index (χ2v) is 21.6. The summed E-state index contributed by atoms with van der Waals surface area (Å²) >= 11 is 0. The van der Waals surface area contributed by atoms with Crippen LogP contribution in [0.15, 0.2) is 0 Å². The molecule has 0 aliphatic heterocycles. The Morgan fingerprint density at radius 1 is 0.939 bits per heavy atom. The van der Waals surface area contributed by atoms with Crippen molar-refractivity contribution in [2.24, 2.45) is 5.92 Å². The standard InChI is InChI=1S/C25H57NO5Si2/c1-12-14-16-26-24(5,6)33(10,11)31-25(7,13-2)32(8,9)18-15-17-29-19-22(27)20-30-23(28)21(3)4/h21-23,26-28H,12-20H2,1-11H3. The minimum absolute atomic E-state index is 0.00568. The summed E-state index contributed by atoms with van der Waals surface area (Å²) in [6.07, 6.45) is 2.80. The average Bonchev–Trinajstić information content (AvgIpc) is 2.70. The van der Waals surface area contributed by atoms with Crippen molar-refractivity contribution in [2.45, 2.75) is 129 Å². The summed E-state index contributed by atoms with van der Waals surface area (Å²) in [6.45, 7) is 26.7. The van der Waals surface area contributed by atoms with Crippen molar-refractivity contribution in [2.75, 3.05) is 26.4 Å². The summed E-state index contributed by atoms with van der Waals surface area (Å²) in [5.41, 5.74) is 0. The molecule has 0 aliphatic rings. The van der Waals surface area contributed by atoms with Crippen LogP contribution in [-0.2, 0) is 13.9 Å². The smallest absolute Gasteiger partial charge is 0.206 e. The van der Waals surface area contributed by atoms with E-state index >= 15 is 0 Å². The van der Waals surface area contributed by atoms with Gasteiger partial charge in [-0.1, -0.05) is 53.3 Å². The number of unbranched alkanes of at least 4 members (excludes halogenated alkanes) is 1. The molecule has 0 aromatic rings. The lowest BCUT2D eigenvalue weighted by Crippen LogP contribution is -2.67. The van der Waals surface area contributed by atoms with Crippen molar-refractivity contribution < 1.29 is 24.1 Å². The monoisotopic (exact) mass is 507 g/mol. The topological polar surface area (TPSA) is 80.2 Å². The molecule has 3 atom stereocenters. The lowest BCUT2D eigenvalue weighted by Gasteiger charge is -2.51. The Hall–Kier alpha value is 0.194. The highest BCUT2D eigenvalue weighted by Gasteiger charge is 2.50. The van der Waals surface area contributed by atoms with E-state index in [2.05, 4.69) is 66.1 Å². The highest BCUT2D eigenvalue weighted by atomic mass is 28.4. The normalized spacial score (nSPS) is 17.3. The van der Waals surface area contributed by atoms with Gasteiger partial charge in [-0.05, 0) is 59.7 Å². The van der Waals surface area contributed by atoms with Gasteiger partial charge >= 0.3 is 0 Å². The Labute approximate surface area is 207 Å². The first-order chi connectivity index (χ1) is 15.0. The number of ether oxygens (including phenoxy) is 2. The first kappa shape index (κ1) is 33.2. The van der Waals surface area contributed by atoms with Gasteiger partial charge in [0.25, 0.3) is 0 Å². The van der Waals surface area contributed by atoms with Crippen LogP contribution >= 0.6 is 0 Å². The first-order valence-corrected chi connectivity index (χ1v) is 19.2. The predicted octanol–water partition coefficient (Wildman–Crippen LogP) is 5.09. The van der Waals surface area contributed by atoms with Gasteiger partial charge in [-0.15, -0.1) is 0 Å². The van der Waals surface area contributed by atoms with E-state index in [9.17, 15) is 10.2 Å². The molecule has 0 bridgehead atoms. The van der Waals surface area contributed by atoms with E-state index in [1.807, 2.05) is 13.8 Å². The van der Waals surface area contributed by atoms with Crippen LogP contribution in [0.5, 0.6) is 0 Å². The Morgan fingerprint density at radius 2 is 1.55 bits per heavy atom. The predicted molar refractivity (Wildman–Crippen MR) is 145 cm³/mol. The minimum Gasteiger partial charge on any atom is -0.413 e. The molecule has 8 heteroatoms. The molecule has 0 fully saturated rings. The number of hydrogen-bond acceptors (Lipinski definition) is 6. The molecule has 0 heterocycles. The van der Waals surface area contributed by atoms with Gasteiger partial charge in [0.2, 0.25) is 8.32 Å². The Balaban J connectivity index is 4.73. The fourth-order valence-corrected chi connectivity index (χ4v) is 10.2. The molecule has 0 aromatic carbocycles. The molecule has 0 amide bonds. The van der Waals surface area contributed by atoms with Crippen LogP contribution in [0.2, 0.25) is 32.2 Å². The van der Waals surface area contributed by atoms with E-state index in [0.29, 0.717) is 6.61 Å². The number of rotatable bonds is 19. The van der Waals surface area contributed by atoms with Gasteiger partial charge in [0, 0.05) is 22.9 Å². The van der Waals surface area contributed by atoms with E-state index in [1.54, 1.807) is 0 Å². The van der Waals surface area contributed by atoms with E-state index in [1.165, 1.54) is 12.8 Å². The van der Waals surface area contributed by atoms with E-state index in [0.717, 1.165) is 25.4 Å². The van der Waals surface area contributed by atoms with Crippen LogP contribution in [0, 0.1) is 5.92 Å². The lowest BCUT2D eigenvalue weighted by atomic mass is 10.2. The summed E-state index contributed by atoms with van der Waals surface area (Å²) < 4.78 is 18.1. The van der Waals surface area contributed by atoms with Crippen molar-refractivity contribution in [3.8, 4) is 0 Å². The van der Waals surface area contributed by atoms with Gasteiger partial charge in [0.1, 0.15) is 6.10 Å². The lowest BCUT2D eigenvalue weighted by molar-refractivity contribution is -0.150. The molecule has 6 nitrogen and oxygen atoms in total. The molecule has 3 unspecified atom stereocenters. The molecule has 0 radical (unpaired) electrons. The van der Waals surface area contributed by atoms with E-state index in [4.69, 9.17) is 13.9 Å². The summed E-state index contributed by atoms with van der Waals surface area (Å²) in [5.74, 6) is 0.00568. The second kappa shape index (κ2) is 14.7. The Bertz CT molecular complexity index is 531. The zero-order valence-corrected chi connectivity index (χ0v) is 25.7. The van der Waals surface area contributed by atoms with Gasteiger partial charge in [-0.25, -0.2) is 0 Å². The van der Waals surface area contributed by atoms with Gasteiger partial charge in [0.15, 0.2) is 6.29 Å². The summed E-state index contributed by atoms with van der Waals surface area (Å²) in [4.78, 5) is 0. The zero-order valence-electron chi connectivity index (χ0n) is 23.7. The average molecular weight is 508 g/mol. The van der Waals surface area contributed by atoms with Crippen LogP contribution in [0.4, 0.5) is 0 Å². The molecule has 3 N–H and O–H groups in total. The molecular weight excluding hydrogens is 450 g/mol. The zero-order chi connectivity index (χ0) is 25.9. The number of aliphatic hydroxyl groups excluding tert-OH is 2. The molecule has 0 aliphatic carbocycles. The molecule has 0 rings (SSSR count). The van der Waals surface area contributed by atoms with Crippen molar-refractivity contribution in [3.05, 3.63) is 0 Å². The third kappa shape index (κ3) is 11.2. The number of hydrogen-bond donors (Lipinski definition) is 3. The fourth-order valence-electron chi connectivity index (χ4n) is 3.72. The Morgan fingerprint density at radius 3 is 2.06 bits per heavy atom. The van der Waals surface area contributed by atoms with Gasteiger partial charge in [-0.2, -0.15) is 0 Å². The van der Waals surface area contributed by atoms with Crippen molar-refractivity contribution in [1.29, 1.82) is 0 Å². The molecule has 200 valence electrons. The maximum absolute atomic E-state index is 10.0. The first-order valence-electron chi connectivity index (χ1n) is 13.1. The number of aliphatic hydroxyl groups is 2. The molecular formula is C25H57NO5Si2. The third-order valence-corrected chi connectivity index (χ3v) is 16.9. The second-order valence-electron chi connectivity index (χ2n) is 11.8. The van der Waals surface area contributed by atoms with Crippen LogP contribution in [0.3, 0.4) is 0 Å².